The highest BCUT2D eigenvalue weighted by molar-refractivity contribution is 5.95. The number of aromatic nitrogens is 2. The Balaban J connectivity index is 1.59. The van der Waals surface area contributed by atoms with Crippen molar-refractivity contribution < 1.29 is 19.1 Å². The number of imidazole rings is 1. The maximum atomic E-state index is 12.1. The summed E-state index contributed by atoms with van der Waals surface area (Å²) in [6.45, 7) is 1.29. The minimum atomic E-state index is -0.303. The summed E-state index contributed by atoms with van der Waals surface area (Å²) in [5, 5.41) is 2.77. The molecule has 7 nitrogen and oxygen atoms in total. The molecule has 0 atom stereocenters. The Hall–Kier alpha value is -3.61. The summed E-state index contributed by atoms with van der Waals surface area (Å²) in [4.78, 5) is 27.6. The third kappa shape index (κ3) is 4.52. The Morgan fingerprint density at radius 1 is 1.11 bits per heavy atom. The van der Waals surface area contributed by atoms with Crippen LogP contribution in [0.15, 0.2) is 61.2 Å². The molecule has 138 valence electrons. The lowest BCUT2D eigenvalue weighted by Crippen LogP contribution is -2.20. The van der Waals surface area contributed by atoms with Gasteiger partial charge in [0.05, 0.1) is 13.4 Å². The van der Waals surface area contributed by atoms with Crippen molar-refractivity contribution in [3.63, 3.8) is 0 Å². The molecule has 2 aromatic carbocycles. The highest BCUT2D eigenvalue weighted by Crippen LogP contribution is 2.28. The molecule has 0 aliphatic carbocycles. The van der Waals surface area contributed by atoms with Gasteiger partial charge in [-0.05, 0) is 49.4 Å². The van der Waals surface area contributed by atoms with Gasteiger partial charge >= 0.3 is 0 Å². The molecule has 27 heavy (non-hydrogen) atoms. The van der Waals surface area contributed by atoms with Crippen LogP contribution in [0.5, 0.6) is 11.5 Å². The second-order valence-corrected chi connectivity index (χ2v) is 5.78. The first-order valence-corrected chi connectivity index (χ1v) is 8.27. The zero-order valence-electron chi connectivity index (χ0n) is 15.0. The van der Waals surface area contributed by atoms with E-state index in [9.17, 15) is 9.59 Å². The van der Waals surface area contributed by atoms with Gasteiger partial charge in [-0.1, -0.05) is 0 Å². The predicted octanol–water partition coefficient (Wildman–Crippen LogP) is 3.10. The van der Waals surface area contributed by atoms with E-state index < -0.39 is 0 Å². The van der Waals surface area contributed by atoms with Gasteiger partial charge in [-0.25, -0.2) is 4.98 Å². The number of methoxy groups -OCH3 is 1. The quantitative estimate of drug-likeness (QED) is 0.651. The molecule has 0 unspecified atom stereocenters. The fourth-order valence-electron chi connectivity index (χ4n) is 2.47. The standard InChI is InChI=1S/C20H19N3O4/c1-14(24)15-3-8-18(19(11-15)26-2)27-12-20(25)22-16-4-6-17(7-5-16)23-10-9-21-13-23/h3-11,13H,12H2,1-2H3,(H,22,25). The SMILES string of the molecule is COc1cc(C(C)=O)ccc1OCC(=O)Nc1ccc(-n2ccnc2)cc1. The van der Waals surface area contributed by atoms with Gasteiger partial charge < -0.3 is 19.4 Å². The molecule has 0 aliphatic heterocycles. The Bertz CT molecular complexity index is 934. The number of benzene rings is 2. The number of hydrogen-bond donors (Lipinski definition) is 1. The number of Topliss-reactive ketones (excluding diaryl/α,β-unsaturated/α-hetero) is 1. The zero-order valence-corrected chi connectivity index (χ0v) is 15.0. The second-order valence-electron chi connectivity index (χ2n) is 5.78. The van der Waals surface area contributed by atoms with Crippen LogP contribution in [0.25, 0.3) is 5.69 Å². The van der Waals surface area contributed by atoms with Gasteiger partial charge in [0.15, 0.2) is 23.9 Å². The molecular formula is C20H19N3O4. The van der Waals surface area contributed by atoms with E-state index >= 15 is 0 Å². The molecule has 0 spiro atoms. The van der Waals surface area contributed by atoms with Gasteiger partial charge in [-0.3, -0.25) is 9.59 Å². The molecule has 0 fully saturated rings. The molecule has 3 rings (SSSR count). The Morgan fingerprint density at radius 2 is 1.89 bits per heavy atom. The number of hydrogen-bond acceptors (Lipinski definition) is 5. The van der Waals surface area contributed by atoms with Gasteiger partial charge in [0, 0.05) is 29.3 Å². The van der Waals surface area contributed by atoms with E-state index in [2.05, 4.69) is 10.3 Å². The van der Waals surface area contributed by atoms with Crippen LogP contribution in [-0.4, -0.2) is 35.0 Å². The number of amides is 1. The molecule has 1 amide bonds. The lowest BCUT2D eigenvalue weighted by atomic mass is 10.1. The third-order valence-electron chi connectivity index (χ3n) is 3.88. The van der Waals surface area contributed by atoms with Gasteiger partial charge in [-0.2, -0.15) is 0 Å². The maximum absolute atomic E-state index is 12.1. The summed E-state index contributed by atoms with van der Waals surface area (Å²) in [5.74, 6) is 0.424. The number of nitrogens with one attached hydrogen (secondary N) is 1. The summed E-state index contributed by atoms with van der Waals surface area (Å²) >= 11 is 0. The van der Waals surface area contributed by atoms with E-state index in [0.717, 1.165) is 5.69 Å². The number of carbonyl (C=O) groups is 2. The van der Waals surface area contributed by atoms with Crippen molar-refractivity contribution in [2.75, 3.05) is 19.0 Å². The van der Waals surface area contributed by atoms with E-state index in [-0.39, 0.29) is 18.3 Å². The Kier molecular flexibility index (Phi) is 5.51. The predicted molar refractivity (Wildman–Crippen MR) is 101 cm³/mol. The first-order chi connectivity index (χ1) is 13.1. The van der Waals surface area contributed by atoms with Crippen molar-refractivity contribution >= 4 is 17.4 Å². The van der Waals surface area contributed by atoms with E-state index in [0.29, 0.717) is 22.7 Å². The van der Waals surface area contributed by atoms with Crippen LogP contribution in [0.3, 0.4) is 0 Å². The number of anilines is 1. The van der Waals surface area contributed by atoms with E-state index in [4.69, 9.17) is 9.47 Å². The first-order valence-electron chi connectivity index (χ1n) is 8.27. The average molecular weight is 365 g/mol. The smallest absolute Gasteiger partial charge is 0.262 e. The summed E-state index contributed by atoms with van der Waals surface area (Å²) in [5.41, 5.74) is 2.12. The average Bonchev–Trinajstić information content (AvgIpc) is 3.21. The number of nitrogens with zero attached hydrogens (tertiary/aromatic N) is 2. The fourth-order valence-corrected chi connectivity index (χ4v) is 2.47. The van der Waals surface area contributed by atoms with Gasteiger partial charge in [0.25, 0.3) is 5.91 Å². The van der Waals surface area contributed by atoms with Crippen LogP contribution in [0, 0.1) is 0 Å². The normalized spacial score (nSPS) is 10.3. The number of carbonyl (C=O) groups excluding carboxylic acids is 2. The van der Waals surface area contributed by atoms with Crippen molar-refractivity contribution in [2.24, 2.45) is 0 Å². The van der Waals surface area contributed by atoms with Gasteiger partial charge in [-0.15, -0.1) is 0 Å². The molecule has 0 saturated carbocycles. The molecular weight excluding hydrogens is 346 g/mol. The molecule has 0 saturated heterocycles. The van der Waals surface area contributed by atoms with Gasteiger partial charge in [0.2, 0.25) is 0 Å². The summed E-state index contributed by atoms with van der Waals surface area (Å²) in [7, 11) is 1.48. The van der Waals surface area contributed by atoms with Crippen LogP contribution >= 0.6 is 0 Å². The van der Waals surface area contributed by atoms with Gasteiger partial charge in [0.1, 0.15) is 0 Å². The number of rotatable bonds is 7. The van der Waals surface area contributed by atoms with E-state index in [1.807, 2.05) is 22.9 Å². The summed E-state index contributed by atoms with van der Waals surface area (Å²) < 4.78 is 12.6. The summed E-state index contributed by atoms with van der Waals surface area (Å²) in [6, 6.07) is 12.2. The summed E-state index contributed by atoms with van der Waals surface area (Å²) in [6.07, 6.45) is 5.24. The minimum absolute atomic E-state index is 0.0725. The van der Waals surface area contributed by atoms with E-state index in [1.165, 1.54) is 14.0 Å². The lowest BCUT2D eigenvalue weighted by molar-refractivity contribution is -0.118. The topological polar surface area (TPSA) is 82.5 Å². The van der Waals surface area contributed by atoms with Crippen LogP contribution < -0.4 is 14.8 Å². The Labute approximate surface area is 156 Å². The Morgan fingerprint density at radius 3 is 2.52 bits per heavy atom. The highest BCUT2D eigenvalue weighted by atomic mass is 16.5. The minimum Gasteiger partial charge on any atom is -0.493 e. The first kappa shape index (κ1) is 18.2. The van der Waals surface area contributed by atoms with Crippen LogP contribution in [0.4, 0.5) is 5.69 Å². The molecule has 1 N–H and O–H groups in total. The monoisotopic (exact) mass is 365 g/mol. The zero-order chi connectivity index (χ0) is 19.2. The fraction of sp³-hybridized carbons (Fsp3) is 0.150. The molecule has 0 bridgehead atoms. The van der Waals surface area contributed by atoms with Crippen molar-refractivity contribution in [1.82, 2.24) is 9.55 Å². The third-order valence-corrected chi connectivity index (χ3v) is 3.88. The van der Waals surface area contributed by atoms with Crippen LogP contribution in [0.1, 0.15) is 17.3 Å². The maximum Gasteiger partial charge on any atom is 0.262 e. The molecule has 3 aromatic rings. The van der Waals surface area contributed by atoms with Crippen LogP contribution in [-0.2, 0) is 4.79 Å². The molecule has 7 heteroatoms. The number of ketones is 1. The van der Waals surface area contributed by atoms with Crippen LogP contribution in [0.2, 0.25) is 0 Å². The molecule has 0 aliphatic rings. The van der Waals surface area contributed by atoms with Crippen molar-refractivity contribution in [3.05, 3.63) is 66.7 Å². The van der Waals surface area contributed by atoms with E-state index in [1.54, 1.807) is 42.9 Å². The molecule has 0 radical (unpaired) electrons. The molecule has 1 heterocycles. The number of ether oxygens (including phenoxy) is 2. The largest absolute Gasteiger partial charge is 0.493 e. The highest BCUT2D eigenvalue weighted by Gasteiger charge is 2.10. The molecule has 1 aromatic heterocycles. The van der Waals surface area contributed by atoms with Crippen molar-refractivity contribution in [3.8, 4) is 17.2 Å². The second kappa shape index (κ2) is 8.18. The van der Waals surface area contributed by atoms with Crippen molar-refractivity contribution in [2.45, 2.75) is 6.92 Å². The lowest BCUT2D eigenvalue weighted by Gasteiger charge is -2.12. The van der Waals surface area contributed by atoms with Crippen molar-refractivity contribution in [1.29, 1.82) is 0 Å².